The summed E-state index contributed by atoms with van der Waals surface area (Å²) in [5.74, 6) is 0.683. The molecule has 1 N–H and O–H groups in total. The van der Waals surface area contributed by atoms with Crippen LogP contribution in [0.4, 0.5) is 5.69 Å². The summed E-state index contributed by atoms with van der Waals surface area (Å²) in [5.41, 5.74) is 1.34. The number of nitrogens with one attached hydrogen (secondary N) is 1. The van der Waals surface area contributed by atoms with E-state index in [-0.39, 0.29) is 30.9 Å². The highest BCUT2D eigenvalue weighted by Gasteiger charge is 2.35. The lowest BCUT2D eigenvalue weighted by atomic mass is 10.2. The molecule has 2 aromatic rings. The maximum Gasteiger partial charge on any atom is 0.263 e. The molecule has 29 heavy (non-hydrogen) atoms. The lowest BCUT2D eigenvalue weighted by Gasteiger charge is -2.34. The molecular weight excluding hydrogens is 392 g/mol. The number of ether oxygens (including phenoxy) is 2. The fourth-order valence-corrected chi connectivity index (χ4v) is 4.19. The van der Waals surface area contributed by atoms with Gasteiger partial charge in [-0.2, -0.15) is 0 Å². The molecule has 0 spiro atoms. The Hall–Kier alpha value is -2.74. The van der Waals surface area contributed by atoms with Crippen molar-refractivity contribution in [3.63, 3.8) is 0 Å². The Labute approximate surface area is 171 Å². The maximum atomic E-state index is 12.7. The van der Waals surface area contributed by atoms with Crippen molar-refractivity contribution in [1.29, 1.82) is 0 Å². The van der Waals surface area contributed by atoms with Crippen LogP contribution in [0.1, 0.15) is 26.3 Å². The Kier molecular flexibility index (Phi) is 6.32. The molecule has 156 valence electrons. The molecule has 0 fully saturated rings. The van der Waals surface area contributed by atoms with Gasteiger partial charge in [0.2, 0.25) is 10.0 Å². The molecule has 1 atom stereocenters. The van der Waals surface area contributed by atoms with Crippen molar-refractivity contribution in [3.05, 3.63) is 54.1 Å². The Balaban J connectivity index is 1.72. The summed E-state index contributed by atoms with van der Waals surface area (Å²) in [4.78, 5) is 12.7. The van der Waals surface area contributed by atoms with E-state index in [9.17, 15) is 13.2 Å². The van der Waals surface area contributed by atoms with Gasteiger partial charge >= 0.3 is 0 Å². The lowest BCUT2D eigenvalue weighted by Crippen LogP contribution is -2.50. The van der Waals surface area contributed by atoms with E-state index >= 15 is 0 Å². The van der Waals surface area contributed by atoms with E-state index < -0.39 is 16.1 Å². The Morgan fingerprint density at radius 3 is 2.72 bits per heavy atom. The minimum atomic E-state index is -3.53. The molecule has 1 aliphatic rings. The van der Waals surface area contributed by atoms with Crippen molar-refractivity contribution in [3.8, 4) is 11.5 Å². The number of carbonyl (C=O) groups is 1. The van der Waals surface area contributed by atoms with Crippen LogP contribution in [0.2, 0.25) is 0 Å². The number of sulfonamides is 1. The van der Waals surface area contributed by atoms with Gasteiger partial charge in [-0.1, -0.05) is 24.3 Å². The van der Waals surface area contributed by atoms with Crippen LogP contribution in [0.25, 0.3) is 0 Å². The average molecular weight is 419 g/mol. The minimum Gasteiger partial charge on any atom is -0.491 e. The topological polar surface area (TPSA) is 84.9 Å². The van der Waals surface area contributed by atoms with E-state index in [0.717, 1.165) is 11.3 Å². The number of hydrogen-bond acceptors (Lipinski definition) is 5. The van der Waals surface area contributed by atoms with Crippen molar-refractivity contribution in [1.82, 2.24) is 5.32 Å². The van der Waals surface area contributed by atoms with Crippen LogP contribution in [0, 0.1) is 0 Å². The fraction of sp³-hybridized carbons (Fsp3) is 0.381. The second-order valence-electron chi connectivity index (χ2n) is 7.04. The van der Waals surface area contributed by atoms with Gasteiger partial charge in [-0.25, -0.2) is 8.42 Å². The van der Waals surface area contributed by atoms with Gasteiger partial charge in [0.25, 0.3) is 5.91 Å². The number of fused-ring (bicyclic) bond motifs is 1. The number of amides is 1. The molecule has 0 aliphatic carbocycles. The summed E-state index contributed by atoms with van der Waals surface area (Å²) in [5, 5.41) is 2.83. The first-order chi connectivity index (χ1) is 13.8. The third-order valence-corrected chi connectivity index (χ3v) is 6.21. The van der Waals surface area contributed by atoms with Gasteiger partial charge in [-0.05, 0) is 50.6 Å². The van der Waals surface area contributed by atoms with Crippen LogP contribution >= 0.6 is 0 Å². The smallest absolute Gasteiger partial charge is 0.263 e. The number of carbonyl (C=O) groups excluding carboxylic acids is 1. The standard InChI is InChI=1S/C21H26N2O5S/c1-4-29(25,26)23-14-20(28-19-11-6-5-10-18(19)23)21(24)22-13-16-8-7-9-17(12-16)27-15(2)3/h5-12,15,20H,4,13-14H2,1-3H3,(H,22,24)/t20-/m0/s1. The Bertz CT molecular complexity index is 975. The van der Waals surface area contributed by atoms with Crippen LogP contribution in [0.5, 0.6) is 11.5 Å². The highest BCUT2D eigenvalue weighted by molar-refractivity contribution is 7.92. The minimum absolute atomic E-state index is 0.0572. The molecule has 0 aromatic heterocycles. The van der Waals surface area contributed by atoms with E-state index in [1.165, 1.54) is 4.31 Å². The highest BCUT2D eigenvalue weighted by Crippen LogP contribution is 2.35. The predicted octanol–water partition coefficient (Wildman–Crippen LogP) is 2.71. The van der Waals surface area contributed by atoms with Crippen molar-refractivity contribution in [2.24, 2.45) is 0 Å². The summed E-state index contributed by atoms with van der Waals surface area (Å²) in [6.45, 7) is 5.70. The van der Waals surface area contributed by atoms with Gasteiger partial charge in [-0.3, -0.25) is 9.10 Å². The number of anilines is 1. The zero-order chi connectivity index (χ0) is 21.0. The van der Waals surface area contributed by atoms with E-state index in [0.29, 0.717) is 11.4 Å². The molecule has 7 nitrogen and oxygen atoms in total. The molecule has 3 rings (SSSR count). The molecule has 0 saturated heterocycles. The third kappa shape index (κ3) is 5.00. The van der Waals surface area contributed by atoms with E-state index in [4.69, 9.17) is 9.47 Å². The van der Waals surface area contributed by atoms with Crippen LogP contribution in [-0.2, 0) is 21.4 Å². The molecule has 0 unspecified atom stereocenters. The Morgan fingerprint density at radius 2 is 2.00 bits per heavy atom. The monoisotopic (exact) mass is 418 g/mol. The largest absolute Gasteiger partial charge is 0.491 e. The molecule has 0 radical (unpaired) electrons. The van der Waals surface area contributed by atoms with Crippen LogP contribution in [0.15, 0.2) is 48.5 Å². The van der Waals surface area contributed by atoms with Crippen molar-refractivity contribution in [2.45, 2.75) is 39.5 Å². The lowest BCUT2D eigenvalue weighted by molar-refractivity contribution is -0.127. The number of para-hydroxylation sites is 2. The van der Waals surface area contributed by atoms with Gasteiger partial charge in [0, 0.05) is 6.54 Å². The second-order valence-corrected chi connectivity index (χ2v) is 9.22. The van der Waals surface area contributed by atoms with Gasteiger partial charge < -0.3 is 14.8 Å². The number of nitrogens with zero attached hydrogens (tertiary/aromatic N) is 1. The molecular formula is C21H26N2O5S. The normalized spacial score (nSPS) is 16.1. The quantitative estimate of drug-likeness (QED) is 0.747. The predicted molar refractivity (Wildman–Crippen MR) is 112 cm³/mol. The summed E-state index contributed by atoms with van der Waals surface area (Å²) >= 11 is 0. The van der Waals surface area contributed by atoms with Crippen molar-refractivity contribution >= 4 is 21.6 Å². The zero-order valence-electron chi connectivity index (χ0n) is 16.8. The second kappa shape index (κ2) is 8.73. The first-order valence-corrected chi connectivity index (χ1v) is 11.2. The maximum absolute atomic E-state index is 12.7. The number of benzene rings is 2. The molecule has 8 heteroatoms. The van der Waals surface area contributed by atoms with Crippen LogP contribution in [0.3, 0.4) is 0 Å². The molecule has 1 aliphatic heterocycles. The molecule has 1 amide bonds. The SMILES string of the molecule is CCS(=O)(=O)N1C[C@@H](C(=O)NCc2cccc(OC(C)C)c2)Oc2ccccc21. The van der Waals surface area contributed by atoms with Gasteiger partial charge in [0.1, 0.15) is 11.5 Å². The zero-order valence-corrected chi connectivity index (χ0v) is 17.6. The molecule has 0 saturated carbocycles. The van der Waals surface area contributed by atoms with E-state index in [1.54, 1.807) is 31.2 Å². The molecule has 2 aromatic carbocycles. The van der Waals surface area contributed by atoms with Crippen molar-refractivity contribution < 1.29 is 22.7 Å². The van der Waals surface area contributed by atoms with Gasteiger partial charge in [-0.15, -0.1) is 0 Å². The van der Waals surface area contributed by atoms with E-state index in [2.05, 4.69) is 5.32 Å². The number of hydrogen-bond donors (Lipinski definition) is 1. The number of rotatable bonds is 7. The van der Waals surface area contributed by atoms with E-state index in [1.807, 2.05) is 38.1 Å². The summed E-state index contributed by atoms with van der Waals surface area (Å²) < 4.78 is 37.7. The van der Waals surface area contributed by atoms with Gasteiger partial charge in [0.15, 0.2) is 6.10 Å². The molecule has 1 heterocycles. The molecule has 0 bridgehead atoms. The van der Waals surface area contributed by atoms with Gasteiger partial charge in [0.05, 0.1) is 24.1 Å². The third-order valence-electron chi connectivity index (χ3n) is 4.46. The first-order valence-electron chi connectivity index (χ1n) is 9.59. The summed E-state index contributed by atoms with van der Waals surface area (Å²) in [7, 11) is -3.53. The highest BCUT2D eigenvalue weighted by atomic mass is 32.2. The van der Waals surface area contributed by atoms with Crippen molar-refractivity contribution in [2.75, 3.05) is 16.6 Å². The van der Waals surface area contributed by atoms with Crippen LogP contribution < -0.4 is 19.1 Å². The average Bonchev–Trinajstić information content (AvgIpc) is 2.71. The van der Waals surface area contributed by atoms with Crippen LogP contribution in [-0.4, -0.2) is 38.8 Å². The first kappa shape index (κ1) is 21.0. The Morgan fingerprint density at radius 1 is 1.24 bits per heavy atom. The fourth-order valence-electron chi connectivity index (χ4n) is 3.06. The summed E-state index contributed by atoms with van der Waals surface area (Å²) in [6.07, 6.45) is -0.872. The summed E-state index contributed by atoms with van der Waals surface area (Å²) in [6, 6.07) is 14.3.